The predicted octanol–water partition coefficient (Wildman–Crippen LogP) is 3.21. The highest BCUT2D eigenvalue weighted by Crippen LogP contribution is 2.27. The lowest BCUT2D eigenvalue weighted by molar-refractivity contribution is 0.224. The third-order valence-electron chi connectivity index (χ3n) is 5.39. The van der Waals surface area contributed by atoms with Gasteiger partial charge in [0.15, 0.2) is 0 Å². The molecule has 4 rings (SSSR count). The summed E-state index contributed by atoms with van der Waals surface area (Å²) in [6.45, 7) is 2.04. The molecule has 2 aliphatic heterocycles. The first-order valence-corrected chi connectivity index (χ1v) is 9.56. The molecule has 3 heterocycles. The van der Waals surface area contributed by atoms with E-state index < -0.39 is 5.82 Å². The number of carbonyl (C=O) groups is 1. The number of amides is 2. The summed E-state index contributed by atoms with van der Waals surface area (Å²) in [5, 5.41) is 9.76. The Morgan fingerprint density at radius 2 is 2.11 bits per heavy atom. The van der Waals surface area contributed by atoms with Gasteiger partial charge in [-0.15, -0.1) is 0 Å². The van der Waals surface area contributed by atoms with Crippen molar-refractivity contribution in [2.24, 2.45) is 5.92 Å². The van der Waals surface area contributed by atoms with Crippen LogP contribution in [-0.4, -0.2) is 42.2 Å². The number of anilines is 1. The predicted molar refractivity (Wildman–Crippen MR) is 108 cm³/mol. The Morgan fingerprint density at radius 1 is 1.29 bits per heavy atom. The standard InChI is InChI=1S/C21H24FN5O/c1-27-18(14-8-11-23-12-9-14)6-3-7-19(27)26-21(28)25-17-10-13-24-20-15(17)4-2-5-16(20)22/h2-7,10,13-14,19,23H,8-9,11-12H2,1H3,(H2,24,25,26,28). The van der Waals surface area contributed by atoms with Gasteiger partial charge in [-0.05, 0) is 50.2 Å². The fourth-order valence-electron chi connectivity index (χ4n) is 3.90. The Hall–Kier alpha value is -2.93. The number of rotatable bonds is 3. The van der Waals surface area contributed by atoms with E-state index in [0.29, 0.717) is 17.0 Å². The van der Waals surface area contributed by atoms with E-state index in [4.69, 9.17) is 0 Å². The van der Waals surface area contributed by atoms with Crippen molar-refractivity contribution < 1.29 is 9.18 Å². The quantitative estimate of drug-likeness (QED) is 0.764. The number of allylic oxidation sites excluding steroid dienone is 3. The topological polar surface area (TPSA) is 69.3 Å². The Morgan fingerprint density at radius 3 is 2.93 bits per heavy atom. The number of hydrogen-bond acceptors (Lipinski definition) is 4. The zero-order valence-corrected chi connectivity index (χ0v) is 15.8. The van der Waals surface area contributed by atoms with Gasteiger partial charge in [-0.2, -0.15) is 0 Å². The normalized spacial score (nSPS) is 20.1. The number of benzene rings is 1. The van der Waals surface area contributed by atoms with Crippen LogP contribution < -0.4 is 16.0 Å². The van der Waals surface area contributed by atoms with E-state index >= 15 is 0 Å². The third kappa shape index (κ3) is 3.71. The molecule has 0 bridgehead atoms. The van der Waals surface area contributed by atoms with Crippen LogP contribution in [0.15, 0.2) is 54.4 Å². The lowest BCUT2D eigenvalue weighted by Crippen LogP contribution is -2.48. The summed E-state index contributed by atoms with van der Waals surface area (Å²) < 4.78 is 13.9. The number of piperidine rings is 1. The van der Waals surface area contributed by atoms with Crippen LogP contribution in [0.5, 0.6) is 0 Å². The maximum atomic E-state index is 13.9. The van der Waals surface area contributed by atoms with Gasteiger partial charge in [0, 0.05) is 30.2 Å². The molecule has 1 aromatic carbocycles. The molecule has 7 heteroatoms. The van der Waals surface area contributed by atoms with Crippen LogP contribution in [0.25, 0.3) is 10.9 Å². The Bertz CT molecular complexity index is 936. The lowest BCUT2D eigenvalue weighted by Gasteiger charge is -2.38. The zero-order valence-electron chi connectivity index (χ0n) is 15.8. The van der Waals surface area contributed by atoms with E-state index in [0.717, 1.165) is 25.9 Å². The molecule has 1 atom stereocenters. The van der Waals surface area contributed by atoms with Crippen molar-refractivity contribution in [1.82, 2.24) is 20.5 Å². The number of carbonyl (C=O) groups excluding carboxylic acids is 1. The minimum absolute atomic E-state index is 0.236. The van der Waals surface area contributed by atoms with Gasteiger partial charge in [-0.1, -0.05) is 18.2 Å². The summed E-state index contributed by atoms with van der Waals surface area (Å²) in [4.78, 5) is 18.8. The average molecular weight is 381 g/mol. The van der Waals surface area contributed by atoms with E-state index in [1.807, 2.05) is 19.2 Å². The molecule has 0 spiro atoms. The second-order valence-electron chi connectivity index (χ2n) is 7.15. The number of halogens is 1. The number of nitrogens with one attached hydrogen (secondary N) is 3. The molecular weight excluding hydrogens is 357 g/mol. The van der Waals surface area contributed by atoms with E-state index in [-0.39, 0.29) is 17.7 Å². The van der Waals surface area contributed by atoms with Crippen molar-refractivity contribution in [3.8, 4) is 0 Å². The van der Waals surface area contributed by atoms with Crippen molar-refractivity contribution in [2.45, 2.75) is 19.0 Å². The summed E-state index contributed by atoms with van der Waals surface area (Å²) >= 11 is 0. The zero-order chi connectivity index (χ0) is 19.5. The van der Waals surface area contributed by atoms with Gasteiger partial charge < -0.3 is 20.9 Å². The fraction of sp³-hybridized carbons (Fsp3) is 0.333. The van der Waals surface area contributed by atoms with Crippen LogP contribution in [0.1, 0.15) is 12.8 Å². The minimum atomic E-state index is -0.409. The van der Waals surface area contributed by atoms with Crippen LogP contribution in [0.4, 0.5) is 14.9 Å². The molecule has 2 aliphatic rings. The fourth-order valence-corrected chi connectivity index (χ4v) is 3.90. The first-order valence-electron chi connectivity index (χ1n) is 9.56. The van der Waals surface area contributed by atoms with E-state index in [1.54, 1.807) is 18.2 Å². The molecule has 1 fully saturated rings. The van der Waals surface area contributed by atoms with Crippen molar-refractivity contribution in [1.29, 1.82) is 0 Å². The van der Waals surface area contributed by atoms with Crippen LogP contribution >= 0.6 is 0 Å². The van der Waals surface area contributed by atoms with Gasteiger partial charge >= 0.3 is 6.03 Å². The molecule has 1 saturated heterocycles. The van der Waals surface area contributed by atoms with Crippen molar-refractivity contribution in [2.75, 3.05) is 25.5 Å². The Kier molecular flexibility index (Phi) is 5.25. The SMILES string of the molecule is CN1C(C2CCNCC2)=CC=CC1NC(=O)Nc1ccnc2c(F)cccc12. The number of urea groups is 1. The molecule has 0 radical (unpaired) electrons. The Labute approximate surface area is 163 Å². The minimum Gasteiger partial charge on any atom is -0.354 e. The van der Waals surface area contributed by atoms with Crippen molar-refractivity contribution >= 4 is 22.6 Å². The highest BCUT2D eigenvalue weighted by atomic mass is 19.1. The first kappa shape index (κ1) is 18.4. The van der Waals surface area contributed by atoms with E-state index in [1.165, 1.54) is 18.0 Å². The average Bonchev–Trinajstić information content (AvgIpc) is 2.71. The van der Waals surface area contributed by atoms with Crippen LogP contribution in [0.3, 0.4) is 0 Å². The maximum Gasteiger partial charge on any atom is 0.321 e. The van der Waals surface area contributed by atoms with Crippen LogP contribution in [-0.2, 0) is 0 Å². The monoisotopic (exact) mass is 381 g/mol. The highest BCUT2D eigenvalue weighted by Gasteiger charge is 2.26. The number of para-hydroxylation sites is 1. The summed E-state index contributed by atoms with van der Waals surface area (Å²) in [6, 6.07) is 6.03. The van der Waals surface area contributed by atoms with E-state index in [2.05, 4.69) is 31.9 Å². The first-order chi connectivity index (χ1) is 13.6. The van der Waals surface area contributed by atoms with Gasteiger partial charge in [0.05, 0.1) is 5.69 Å². The summed E-state index contributed by atoms with van der Waals surface area (Å²) in [5.41, 5.74) is 2.01. The molecule has 1 aromatic heterocycles. The second kappa shape index (κ2) is 7.98. The van der Waals surface area contributed by atoms with Gasteiger partial charge in [0.2, 0.25) is 0 Å². The molecule has 146 valence electrons. The van der Waals surface area contributed by atoms with Crippen molar-refractivity contribution in [3.63, 3.8) is 0 Å². The number of aromatic nitrogens is 1. The second-order valence-corrected chi connectivity index (χ2v) is 7.15. The van der Waals surface area contributed by atoms with Gasteiger partial charge in [0.1, 0.15) is 17.5 Å². The molecule has 28 heavy (non-hydrogen) atoms. The molecule has 0 saturated carbocycles. The van der Waals surface area contributed by atoms with E-state index in [9.17, 15) is 9.18 Å². The molecule has 6 nitrogen and oxygen atoms in total. The molecule has 0 aliphatic carbocycles. The molecule has 3 N–H and O–H groups in total. The molecule has 2 amide bonds. The number of nitrogens with zero attached hydrogens (tertiary/aromatic N) is 2. The largest absolute Gasteiger partial charge is 0.354 e. The third-order valence-corrected chi connectivity index (χ3v) is 5.39. The molecule has 1 unspecified atom stereocenters. The van der Waals surface area contributed by atoms with Gasteiger partial charge in [-0.25, -0.2) is 9.18 Å². The maximum absolute atomic E-state index is 13.9. The van der Waals surface area contributed by atoms with Crippen LogP contribution in [0.2, 0.25) is 0 Å². The molecular formula is C21H24FN5O. The summed E-state index contributed by atoms with van der Waals surface area (Å²) in [6.07, 6.45) is 9.53. The number of likely N-dealkylation sites (N-methyl/N-ethyl adjacent to an activating group) is 1. The number of fused-ring (bicyclic) bond motifs is 1. The van der Waals surface area contributed by atoms with Crippen LogP contribution in [0, 0.1) is 11.7 Å². The van der Waals surface area contributed by atoms with Gasteiger partial charge in [-0.3, -0.25) is 4.98 Å². The lowest BCUT2D eigenvalue weighted by atomic mass is 9.92. The Balaban J connectivity index is 1.45. The summed E-state index contributed by atoms with van der Waals surface area (Å²) in [5.74, 6) is 0.0870. The smallest absolute Gasteiger partial charge is 0.321 e. The number of pyridine rings is 1. The number of hydrogen-bond donors (Lipinski definition) is 3. The molecule has 2 aromatic rings. The summed E-state index contributed by atoms with van der Waals surface area (Å²) in [7, 11) is 2.00. The highest BCUT2D eigenvalue weighted by molar-refractivity contribution is 6.00. The van der Waals surface area contributed by atoms with Crippen molar-refractivity contribution in [3.05, 3.63) is 60.2 Å². The van der Waals surface area contributed by atoms with Gasteiger partial charge in [0.25, 0.3) is 0 Å².